The van der Waals surface area contributed by atoms with Crippen LogP contribution < -0.4 is 15.0 Å². The first kappa shape index (κ1) is 22.0. The molecule has 5 rings (SSSR count). The molecule has 4 aromatic rings. The third kappa shape index (κ3) is 3.40. The predicted octanol–water partition coefficient (Wildman–Crippen LogP) is 4.30. The van der Waals surface area contributed by atoms with Gasteiger partial charge in [0.2, 0.25) is 0 Å². The van der Waals surface area contributed by atoms with E-state index in [0.717, 1.165) is 13.0 Å². The van der Waals surface area contributed by atoms with Crippen molar-refractivity contribution in [1.82, 2.24) is 20.3 Å². The molecule has 0 saturated carbocycles. The van der Waals surface area contributed by atoms with Gasteiger partial charge in [-0.25, -0.2) is 8.78 Å². The van der Waals surface area contributed by atoms with Crippen molar-refractivity contribution in [3.05, 3.63) is 53.7 Å². The van der Waals surface area contributed by atoms with E-state index in [2.05, 4.69) is 33.1 Å². The SMILES string of the molecule is C#Cc1c(F)ccc2cccc(-c3ncc4c(N(C)C5CCN[C@@H]5C)nc(OC)nc4c3F)c12. The maximum Gasteiger partial charge on any atom is 0.318 e. The number of terminal acetylenes is 1. The van der Waals surface area contributed by atoms with Crippen molar-refractivity contribution in [2.75, 3.05) is 25.6 Å². The zero-order valence-corrected chi connectivity index (χ0v) is 19.1. The summed E-state index contributed by atoms with van der Waals surface area (Å²) in [6.45, 7) is 3.00. The largest absolute Gasteiger partial charge is 0.467 e. The molecule has 3 heterocycles. The molecule has 1 fully saturated rings. The van der Waals surface area contributed by atoms with Gasteiger partial charge in [0.1, 0.15) is 22.8 Å². The van der Waals surface area contributed by atoms with Gasteiger partial charge in [0.15, 0.2) is 5.82 Å². The number of aromatic nitrogens is 3. The van der Waals surface area contributed by atoms with Gasteiger partial charge in [-0.05, 0) is 31.3 Å². The van der Waals surface area contributed by atoms with Gasteiger partial charge in [-0.2, -0.15) is 9.97 Å². The molecule has 34 heavy (non-hydrogen) atoms. The standard InChI is InChI=1S/C26H23F2N5O/c1-5-16-19(27)10-9-15-7-6-8-17(21(15)16)23-22(28)24-18(13-30-23)25(32-26(31-24)34-4)33(3)20-11-12-29-14(20)2/h1,6-10,13-14,20,29H,11-12H2,2-4H3/t14-,20?/m1/s1. The quantitative estimate of drug-likeness (QED) is 0.459. The van der Waals surface area contributed by atoms with Gasteiger partial charge >= 0.3 is 6.01 Å². The van der Waals surface area contributed by atoms with Crippen LogP contribution in [0.5, 0.6) is 6.01 Å². The molecule has 1 N–H and O–H groups in total. The first-order valence-corrected chi connectivity index (χ1v) is 11.0. The van der Waals surface area contributed by atoms with E-state index < -0.39 is 11.6 Å². The second-order valence-electron chi connectivity index (χ2n) is 8.40. The zero-order valence-electron chi connectivity index (χ0n) is 19.1. The molecule has 1 unspecified atom stereocenters. The monoisotopic (exact) mass is 459 g/mol. The van der Waals surface area contributed by atoms with Crippen LogP contribution in [-0.4, -0.2) is 47.7 Å². The summed E-state index contributed by atoms with van der Waals surface area (Å²) < 4.78 is 35.8. The van der Waals surface area contributed by atoms with Crippen molar-refractivity contribution in [1.29, 1.82) is 0 Å². The van der Waals surface area contributed by atoms with Crippen molar-refractivity contribution >= 4 is 27.5 Å². The summed E-state index contributed by atoms with van der Waals surface area (Å²) in [5.41, 5.74) is 0.571. The Morgan fingerprint density at radius 2 is 2.03 bits per heavy atom. The van der Waals surface area contributed by atoms with Crippen LogP contribution in [0.25, 0.3) is 32.9 Å². The summed E-state index contributed by atoms with van der Waals surface area (Å²) in [4.78, 5) is 15.3. The Labute approximate surface area is 196 Å². The molecule has 0 amide bonds. The molecule has 1 saturated heterocycles. The highest BCUT2D eigenvalue weighted by Gasteiger charge is 2.30. The Hall–Kier alpha value is -3.83. The molecule has 0 bridgehead atoms. The lowest BCUT2D eigenvalue weighted by atomic mass is 9.96. The Bertz CT molecular complexity index is 1470. The number of nitrogens with one attached hydrogen (secondary N) is 1. The lowest BCUT2D eigenvalue weighted by Gasteiger charge is -2.29. The molecule has 0 radical (unpaired) electrons. The van der Waals surface area contributed by atoms with Gasteiger partial charge in [-0.1, -0.05) is 30.2 Å². The molecule has 1 aliphatic rings. The fraction of sp³-hybridized carbons (Fsp3) is 0.269. The van der Waals surface area contributed by atoms with E-state index in [1.54, 1.807) is 30.5 Å². The molecule has 1 aliphatic heterocycles. The van der Waals surface area contributed by atoms with Gasteiger partial charge in [-0.15, -0.1) is 6.42 Å². The second-order valence-corrected chi connectivity index (χ2v) is 8.40. The van der Waals surface area contributed by atoms with Gasteiger partial charge in [-0.3, -0.25) is 4.98 Å². The number of hydrogen-bond donors (Lipinski definition) is 1. The lowest BCUT2D eigenvalue weighted by molar-refractivity contribution is 0.381. The third-order valence-corrected chi connectivity index (χ3v) is 6.54. The summed E-state index contributed by atoms with van der Waals surface area (Å²) in [5.74, 6) is 1.74. The molecule has 2 aromatic heterocycles. The van der Waals surface area contributed by atoms with Crippen LogP contribution in [0.3, 0.4) is 0 Å². The first-order valence-electron chi connectivity index (χ1n) is 11.0. The lowest BCUT2D eigenvalue weighted by Crippen LogP contribution is -2.40. The topological polar surface area (TPSA) is 63.2 Å². The summed E-state index contributed by atoms with van der Waals surface area (Å²) in [5, 5.41) is 5.01. The first-order chi connectivity index (χ1) is 16.4. The van der Waals surface area contributed by atoms with E-state index in [9.17, 15) is 4.39 Å². The number of pyridine rings is 1. The Balaban J connectivity index is 1.76. The van der Waals surface area contributed by atoms with Crippen molar-refractivity contribution in [3.8, 4) is 29.6 Å². The van der Waals surface area contributed by atoms with Gasteiger partial charge in [0.25, 0.3) is 0 Å². The van der Waals surface area contributed by atoms with Gasteiger partial charge in [0, 0.05) is 36.3 Å². The molecule has 8 heteroatoms. The van der Waals surface area contributed by atoms with E-state index in [1.807, 2.05) is 11.9 Å². The highest BCUT2D eigenvalue weighted by atomic mass is 19.1. The summed E-state index contributed by atoms with van der Waals surface area (Å²) in [6.07, 6.45) is 8.08. The Kier molecular flexibility index (Phi) is 5.50. The van der Waals surface area contributed by atoms with E-state index in [1.165, 1.54) is 13.2 Å². The summed E-state index contributed by atoms with van der Waals surface area (Å²) >= 11 is 0. The highest BCUT2D eigenvalue weighted by molar-refractivity contribution is 6.02. The number of hydrogen-bond acceptors (Lipinski definition) is 6. The van der Waals surface area contributed by atoms with Crippen molar-refractivity contribution < 1.29 is 13.5 Å². The molecular weight excluding hydrogens is 436 g/mol. The van der Waals surface area contributed by atoms with Gasteiger partial charge in [0.05, 0.1) is 18.1 Å². The zero-order chi connectivity index (χ0) is 24.0. The van der Waals surface area contributed by atoms with Crippen molar-refractivity contribution in [3.63, 3.8) is 0 Å². The van der Waals surface area contributed by atoms with Gasteiger partial charge < -0.3 is 15.0 Å². The molecule has 172 valence electrons. The molecule has 0 aliphatic carbocycles. The highest BCUT2D eigenvalue weighted by Crippen LogP contribution is 2.37. The Morgan fingerprint density at radius 3 is 2.74 bits per heavy atom. The number of rotatable bonds is 4. The number of benzene rings is 2. The number of likely N-dealkylation sites (N-methyl/N-ethyl adjacent to an activating group) is 1. The van der Waals surface area contributed by atoms with Crippen LogP contribution >= 0.6 is 0 Å². The maximum absolute atomic E-state index is 16.0. The molecule has 0 spiro atoms. The minimum absolute atomic E-state index is 0.0328. The Morgan fingerprint density at radius 1 is 1.21 bits per heavy atom. The van der Waals surface area contributed by atoms with Crippen LogP contribution in [-0.2, 0) is 0 Å². The van der Waals surface area contributed by atoms with Crippen molar-refractivity contribution in [2.24, 2.45) is 0 Å². The minimum atomic E-state index is -0.648. The van der Waals surface area contributed by atoms with E-state index in [-0.39, 0.29) is 34.9 Å². The maximum atomic E-state index is 16.0. The number of methoxy groups -OCH3 is 1. The fourth-order valence-electron chi connectivity index (χ4n) is 4.79. The predicted molar refractivity (Wildman–Crippen MR) is 129 cm³/mol. The summed E-state index contributed by atoms with van der Waals surface area (Å²) in [7, 11) is 3.37. The number of halogens is 2. The molecular formula is C26H23F2N5O. The number of fused-ring (bicyclic) bond motifs is 2. The van der Waals surface area contributed by atoms with Crippen LogP contribution in [0.15, 0.2) is 36.5 Å². The van der Waals surface area contributed by atoms with Crippen LogP contribution in [0.1, 0.15) is 18.9 Å². The third-order valence-electron chi connectivity index (χ3n) is 6.54. The van der Waals surface area contributed by atoms with Crippen LogP contribution in [0, 0.1) is 24.0 Å². The average molecular weight is 460 g/mol. The molecule has 2 aromatic carbocycles. The normalized spacial score (nSPS) is 17.8. The van der Waals surface area contributed by atoms with Crippen LogP contribution in [0.2, 0.25) is 0 Å². The average Bonchev–Trinajstić information content (AvgIpc) is 3.29. The van der Waals surface area contributed by atoms with E-state index >= 15 is 4.39 Å². The smallest absolute Gasteiger partial charge is 0.318 e. The van der Waals surface area contributed by atoms with E-state index in [0.29, 0.717) is 27.5 Å². The fourth-order valence-corrected chi connectivity index (χ4v) is 4.79. The number of nitrogens with zero attached hydrogens (tertiary/aromatic N) is 4. The second kappa shape index (κ2) is 8.50. The van der Waals surface area contributed by atoms with E-state index in [4.69, 9.17) is 11.2 Å². The number of ether oxygens (including phenoxy) is 1. The molecule has 6 nitrogen and oxygen atoms in total. The van der Waals surface area contributed by atoms with Crippen LogP contribution in [0.4, 0.5) is 14.6 Å². The number of anilines is 1. The minimum Gasteiger partial charge on any atom is -0.467 e. The van der Waals surface area contributed by atoms with Crippen molar-refractivity contribution in [2.45, 2.75) is 25.4 Å². The summed E-state index contributed by atoms with van der Waals surface area (Å²) in [6, 6.07) is 8.63. The molecule has 2 atom stereocenters.